The maximum absolute atomic E-state index is 14.2. The van der Waals surface area contributed by atoms with Crippen LogP contribution in [-0.4, -0.2) is 94.3 Å². The van der Waals surface area contributed by atoms with Crippen molar-refractivity contribution in [2.24, 2.45) is 73.4 Å². The van der Waals surface area contributed by atoms with Gasteiger partial charge < -0.3 is 44.5 Å². The van der Waals surface area contributed by atoms with E-state index in [1.807, 2.05) is 0 Å². The Labute approximate surface area is 349 Å². The number of rotatable bonds is 10. The lowest BCUT2D eigenvalue weighted by Crippen LogP contribution is -2.73. The summed E-state index contributed by atoms with van der Waals surface area (Å²) in [6, 6.07) is 0. The zero-order valence-corrected chi connectivity index (χ0v) is 35.9. The number of methoxy groups -OCH3 is 1. The molecule has 2 bridgehead atoms. The van der Waals surface area contributed by atoms with Gasteiger partial charge in [0, 0.05) is 30.3 Å². The molecule has 9 aliphatic rings. The van der Waals surface area contributed by atoms with Crippen LogP contribution in [0.15, 0.2) is 23.8 Å². The Morgan fingerprint density at radius 1 is 0.915 bits per heavy atom. The molecule has 11 nitrogen and oxygen atoms in total. The second kappa shape index (κ2) is 14.2. The number of hydrogen-bond acceptors (Lipinski definition) is 9. The molecule has 5 N–H and O–H groups in total. The minimum Gasteiger partial charge on any atom is -0.481 e. The summed E-state index contributed by atoms with van der Waals surface area (Å²) in [6.45, 7) is 10.3. The van der Waals surface area contributed by atoms with E-state index in [0.29, 0.717) is 44.1 Å². The summed E-state index contributed by atoms with van der Waals surface area (Å²) >= 11 is 0. The van der Waals surface area contributed by atoms with E-state index in [2.05, 4.69) is 45.9 Å². The fourth-order valence-electron chi connectivity index (χ4n) is 18.2. The van der Waals surface area contributed by atoms with Gasteiger partial charge in [-0.05, 0) is 135 Å². The van der Waals surface area contributed by atoms with Crippen molar-refractivity contribution in [1.82, 2.24) is 0 Å². The van der Waals surface area contributed by atoms with Crippen molar-refractivity contribution in [1.29, 1.82) is 0 Å². The molecular formula is C48H70O11. The van der Waals surface area contributed by atoms with E-state index in [0.717, 1.165) is 83.3 Å². The van der Waals surface area contributed by atoms with Crippen LogP contribution in [0.25, 0.3) is 0 Å². The fraction of sp³-hybridized carbons (Fsp3) is 0.854. The van der Waals surface area contributed by atoms with E-state index in [9.17, 15) is 39.9 Å². The second-order valence-electron chi connectivity index (χ2n) is 22.3. The zero-order chi connectivity index (χ0) is 42.1. The highest BCUT2D eigenvalue weighted by molar-refractivity contribution is 5.79. The van der Waals surface area contributed by atoms with Crippen LogP contribution < -0.4 is 0 Å². The molecule has 0 aromatic rings. The first-order valence-corrected chi connectivity index (χ1v) is 23.1. The van der Waals surface area contributed by atoms with Gasteiger partial charge in [-0.1, -0.05) is 64.3 Å². The maximum atomic E-state index is 14.2. The Morgan fingerprint density at radius 3 is 2.34 bits per heavy atom. The third-order valence-corrected chi connectivity index (χ3v) is 20.3. The maximum Gasteiger partial charge on any atom is 0.335 e. The Morgan fingerprint density at radius 2 is 1.66 bits per heavy atom. The van der Waals surface area contributed by atoms with Crippen molar-refractivity contribution in [3.8, 4) is 0 Å². The predicted octanol–water partition coefficient (Wildman–Crippen LogP) is 6.71. The number of carbonyl (C=O) groups excluding carboxylic acids is 1. The van der Waals surface area contributed by atoms with Crippen molar-refractivity contribution in [2.75, 3.05) is 13.7 Å². The van der Waals surface area contributed by atoms with Gasteiger partial charge in [-0.2, -0.15) is 0 Å². The lowest BCUT2D eigenvalue weighted by molar-refractivity contribution is -0.340. The topological polar surface area (TPSA) is 180 Å². The number of carboxylic acids is 2. The van der Waals surface area contributed by atoms with Crippen molar-refractivity contribution >= 4 is 18.2 Å². The largest absolute Gasteiger partial charge is 0.481 e. The SMILES string of the molecule is COCC1CC2(C)CC=CC3(C2)C2=CC4CCC5CC(OC6OC(C(=O)O)C(O)C(O)C6O)C(C)(C6CCCC6)C6CCC(C)(C4C56C)C2(CCC=O)CCC13C(=O)O. The number of allylic oxidation sites excluding steroid dienone is 4. The van der Waals surface area contributed by atoms with Crippen molar-refractivity contribution in [3.05, 3.63) is 23.8 Å². The molecule has 0 amide bonds. The van der Waals surface area contributed by atoms with Gasteiger partial charge in [-0.15, -0.1) is 0 Å². The first-order valence-electron chi connectivity index (χ1n) is 23.1. The van der Waals surface area contributed by atoms with Crippen molar-refractivity contribution in [2.45, 2.75) is 167 Å². The quantitative estimate of drug-likeness (QED) is 0.0899. The molecule has 18 unspecified atom stereocenters. The van der Waals surface area contributed by atoms with Crippen LogP contribution in [0.2, 0.25) is 0 Å². The molecule has 1 aliphatic heterocycles. The number of carboxylic acid groups (broad SMARTS) is 2. The average molecular weight is 823 g/mol. The molecule has 6 saturated carbocycles. The molecule has 9 rings (SSSR count). The van der Waals surface area contributed by atoms with Crippen molar-refractivity contribution < 1.29 is 54.1 Å². The predicted molar refractivity (Wildman–Crippen MR) is 217 cm³/mol. The summed E-state index contributed by atoms with van der Waals surface area (Å²) in [4.78, 5) is 38.9. The molecule has 1 heterocycles. The fourth-order valence-corrected chi connectivity index (χ4v) is 18.2. The normalized spacial score (nSPS) is 53.7. The van der Waals surface area contributed by atoms with Gasteiger partial charge >= 0.3 is 11.9 Å². The number of hydrogen-bond donors (Lipinski definition) is 5. The summed E-state index contributed by atoms with van der Waals surface area (Å²) < 4.78 is 18.6. The van der Waals surface area contributed by atoms with Gasteiger partial charge in [0.15, 0.2) is 12.4 Å². The van der Waals surface area contributed by atoms with E-state index in [1.165, 1.54) is 5.57 Å². The summed E-state index contributed by atoms with van der Waals surface area (Å²) in [5.41, 5.74) is -1.43. The number of aliphatic hydroxyl groups excluding tert-OH is 3. The van der Waals surface area contributed by atoms with Crippen LogP contribution in [0.1, 0.15) is 130 Å². The third kappa shape index (κ3) is 5.36. The van der Waals surface area contributed by atoms with Gasteiger partial charge in [0.05, 0.1) is 18.1 Å². The molecular weight excluding hydrogens is 753 g/mol. The van der Waals surface area contributed by atoms with Crippen LogP contribution in [0.3, 0.4) is 0 Å². The summed E-state index contributed by atoms with van der Waals surface area (Å²) in [5, 5.41) is 54.0. The molecule has 1 saturated heterocycles. The van der Waals surface area contributed by atoms with E-state index < -0.39 is 53.5 Å². The van der Waals surface area contributed by atoms with E-state index in [-0.39, 0.29) is 56.9 Å². The van der Waals surface area contributed by atoms with Gasteiger partial charge in [-0.3, -0.25) is 4.79 Å². The van der Waals surface area contributed by atoms with Gasteiger partial charge in [0.1, 0.15) is 24.6 Å². The molecule has 11 heteroatoms. The second-order valence-corrected chi connectivity index (χ2v) is 22.3. The number of fused-ring (bicyclic) bond motifs is 3. The van der Waals surface area contributed by atoms with Crippen LogP contribution in [0.5, 0.6) is 0 Å². The van der Waals surface area contributed by atoms with Crippen LogP contribution in [0, 0.1) is 73.4 Å². The van der Waals surface area contributed by atoms with E-state index in [1.54, 1.807) is 7.11 Å². The molecule has 18 atom stereocenters. The zero-order valence-electron chi connectivity index (χ0n) is 35.9. The molecule has 7 fully saturated rings. The smallest absolute Gasteiger partial charge is 0.335 e. The number of aliphatic carboxylic acids is 2. The summed E-state index contributed by atoms with van der Waals surface area (Å²) in [7, 11) is 1.70. The lowest BCUT2D eigenvalue weighted by Gasteiger charge is -2.78. The molecule has 328 valence electrons. The molecule has 0 aromatic carbocycles. The van der Waals surface area contributed by atoms with Gasteiger partial charge in [0.25, 0.3) is 0 Å². The Hall–Kier alpha value is -2.15. The van der Waals surface area contributed by atoms with Crippen LogP contribution in [0.4, 0.5) is 0 Å². The number of aliphatic hydroxyl groups is 3. The highest BCUT2D eigenvalue weighted by atomic mass is 16.7. The minimum atomic E-state index is -1.78. The Balaban J connectivity index is 1.18. The average Bonchev–Trinajstić information content (AvgIpc) is 3.73. The molecule has 1 spiro atoms. The van der Waals surface area contributed by atoms with Gasteiger partial charge in [0.2, 0.25) is 0 Å². The Kier molecular flexibility index (Phi) is 10.1. The van der Waals surface area contributed by atoms with Gasteiger partial charge in [-0.25, -0.2) is 4.79 Å². The highest BCUT2D eigenvalue weighted by Gasteiger charge is 2.79. The van der Waals surface area contributed by atoms with Crippen LogP contribution >= 0.6 is 0 Å². The monoisotopic (exact) mass is 822 g/mol. The van der Waals surface area contributed by atoms with E-state index >= 15 is 0 Å². The summed E-state index contributed by atoms with van der Waals surface area (Å²) in [6.07, 6.45) is 13.6. The summed E-state index contributed by atoms with van der Waals surface area (Å²) in [5.74, 6) is -0.865. The van der Waals surface area contributed by atoms with E-state index in [4.69, 9.17) is 14.2 Å². The highest BCUT2D eigenvalue weighted by Crippen LogP contribution is 2.84. The molecule has 0 radical (unpaired) electrons. The first-order chi connectivity index (χ1) is 27.9. The number of ether oxygens (including phenoxy) is 3. The molecule has 0 aromatic heterocycles. The molecule has 8 aliphatic carbocycles. The Bertz CT molecular complexity index is 1770. The minimum absolute atomic E-state index is 0.0553. The first kappa shape index (κ1) is 42.2. The third-order valence-electron chi connectivity index (χ3n) is 20.3. The lowest BCUT2D eigenvalue weighted by atomic mass is 9.26. The van der Waals surface area contributed by atoms with Crippen molar-refractivity contribution in [3.63, 3.8) is 0 Å². The van der Waals surface area contributed by atoms with Crippen LogP contribution in [-0.2, 0) is 28.6 Å². The molecule has 59 heavy (non-hydrogen) atoms. The number of aldehydes is 1. The standard InChI is InChI=1S/C48H70O11/c1-42-15-8-16-47(26-42)32-22-27-12-13-29-23-33(58-40-36(52)34(50)35(51)37(59-40)39(53)54)44(3,28-10-6-7-11-28)31-14-18-43(2,38(27)45(29,31)4)46(32,17-9-21-49)19-20-48(47,41(55)56)30(24-42)25-57-5/h8,16,21-22,27-31,33-38,40,50-52H,6-7,9-15,17-20,23-26H2,1-5H3,(H,53,54)(H,55,56). The number of carbonyl (C=O) groups is 3.